The summed E-state index contributed by atoms with van der Waals surface area (Å²) in [6.45, 7) is 12.9. The van der Waals surface area contributed by atoms with Crippen molar-refractivity contribution in [3.8, 4) is 6.07 Å². The first-order valence-corrected chi connectivity index (χ1v) is 11.6. The quantitative estimate of drug-likeness (QED) is 0.483. The summed E-state index contributed by atoms with van der Waals surface area (Å²) >= 11 is 0. The highest BCUT2D eigenvalue weighted by Gasteiger charge is 2.29. The van der Waals surface area contributed by atoms with Crippen LogP contribution in [0.5, 0.6) is 0 Å². The number of anilines is 1. The van der Waals surface area contributed by atoms with Gasteiger partial charge in [0.1, 0.15) is 5.69 Å². The van der Waals surface area contributed by atoms with Crippen molar-refractivity contribution in [1.29, 1.82) is 5.26 Å². The summed E-state index contributed by atoms with van der Waals surface area (Å²) in [5, 5.41) is 12.9. The van der Waals surface area contributed by atoms with Crippen LogP contribution in [0.1, 0.15) is 71.9 Å². The number of fused-ring (bicyclic) bond motifs is 1. The van der Waals surface area contributed by atoms with Crippen LogP contribution < -0.4 is 10.2 Å². The van der Waals surface area contributed by atoms with Gasteiger partial charge in [-0.2, -0.15) is 5.26 Å². The lowest BCUT2D eigenvalue weighted by atomic mass is 10.0. The number of hydrogen-bond donors (Lipinski definition) is 1. The molecule has 0 unspecified atom stereocenters. The minimum atomic E-state index is -0.986. The molecule has 0 aliphatic rings. The molecule has 6 heteroatoms. The van der Waals surface area contributed by atoms with Gasteiger partial charge in [0, 0.05) is 19.6 Å². The Hall–Kier alpha value is -2.68. The Morgan fingerprint density at radius 3 is 2.19 bits per heavy atom. The highest BCUT2D eigenvalue weighted by atomic mass is 16.1. The number of rotatable bonds is 12. The van der Waals surface area contributed by atoms with Gasteiger partial charge in [0.15, 0.2) is 11.7 Å². The average Bonchev–Trinajstić information content (AvgIpc) is 2.72. The zero-order valence-corrected chi connectivity index (χ0v) is 19.7. The maximum absolute atomic E-state index is 12.9. The lowest BCUT2D eigenvalue weighted by molar-refractivity contribution is -0.121. The minimum absolute atomic E-state index is 0.293. The number of amides is 1. The maximum Gasteiger partial charge on any atom is 0.243 e. The van der Waals surface area contributed by atoms with E-state index < -0.39 is 5.92 Å². The van der Waals surface area contributed by atoms with E-state index in [1.165, 1.54) is 0 Å². The van der Waals surface area contributed by atoms with Gasteiger partial charge in [0.2, 0.25) is 5.91 Å². The normalized spacial score (nSPS) is 12.2. The molecule has 0 radical (unpaired) electrons. The van der Waals surface area contributed by atoms with Crippen LogP contribution in [-0.2, 0) is 4.79 Å². The summed E-state index contributed by atoms with van der Waals surface area (Å²) in [4.78, 5) is 24.8. The largest absolute Gasteiger partial charge is 0.355 e. The molecule has 6 nitrogen and oxygen atoms in total. The highest BCUT2D eigenvalue weighted by Crippen LogP contribution is 2.28. The fourth-order valence-corrected chi connectivity index (χ4v) is 3.67. The van der Waals surface area contributed by atoms with Crippen LogP contribution in [0.15, 0.2) is 24.3 Å². The zero-order chi connectivity index (χ0) is 22.8. The molecule has 168 valence electrons. The van der Waals surface area contributed by atoms with Crippen LogP contribution in [0.25, 0.3) is 11.0 Å². The molecule has 0 saturated carbocycles. The molecule has 0 saturated heterocycles. The molecule has 0 aliphatic heterocycles. The van der Waals surface area contributed by atoms with Crippen molar-refractivity contribution in [2.75, 3.05) is 24.5 Å². The average molecular weight is 424 g/mol. The van der Waals surface area contributed by atoms with Crippen molar-refractivity contribution in [2.45, 2.75) is 66.2 Å². The van der Waals surface area contributed by atoms with Crippen LogP contribution >= 0.6 is 0 Å². The second-order valence-electron chi connectivity index (χ2n) is 9.03. The van der Waals surface area contributed by atoms with Crippen molar-refractivity contribution >= 4 is 22.8 Å². The van der Waals surface area contributed by atoms with Gasteiger partial charge in [0.25, 0.3) is 0 Å². The van der Waals surface area contributed by atoms with E-state index in [4.69, 9.17) is 9.97 Å². The second kappa shape index (κ2) is 12.2. The third-order valence-corrected chi connectivity index (χ3v) is 5.04. The van der Waals surface area contributed by atoms with Crippen molar-refractivity contribution in [3.05, 3.63) is 30.0 Å². The molecule has 2 aromatic rings. The first kappa shape index (κ1) is 24.6. The van der Waals surface area contributed by atoms with E-state index in [-0.39, 0.29) is 5.91 Å². The van der Waals surface area contributed by atoms with Gasteiger partial charge in [-0.3, -0.25) is 4.79 Å². The molecule has 0 aliphatic carbocycles. The molecule has 1 heterocycles. The molecular formula is C25H37N5O. The van der Waals surface area contributed by atoms with Gasteiger partial charge in [-0.15, -0.1) is 0 Å². The van der Waals surface area contributed by atoms with Crippen LogP contribution in [0.2, 0.25) is 0 Å². The molecule has 1 aromatic carbocycles. The number of nitrogens with one attached hydrogen (secondary N) is 1. The van der Waals surface area contributed by atoms with Gasteiger partial charge in [0.05, 0.1) is 17.1 Å². The Bertz CT molecular complexity index is 877. The first-order chi connectivity index (χ1) is 14.9. The third kappa shape index (κ3) is 7.20. The standard InChI is InChI=1S/C25H37N5O/c1-6-7-8-11-14-27-25(31)20(15-26)23-24(30(16-18(2)3)17-19(4)5)29-22-13-10-9-12-21(22)28-23/h9-10,12-13,18-20H,6-8,11,14,16-17H2,1-5H3,(H,27,31)/t20-/m1/s1. The Balaban J connectivity index is 2.43. The summed E-state index contributed by atoms with van der Waals surface area (Å²) in [5.41, 5.74) is 1.93. The summed E-state index contributed by atoms with van der Waals surface area (Å²) in [6, 6.07) is 9.83. The van der Waals surface area contributed by atoms with E-state index in [1.807, 2.05) is 24.3 Å². The Labute approximate surface area is 187 Å². The van der Waals surface area contributed by atoms with Gasteiger partial charge >= 0.3 is 0 Å². The van der Waals surface area contributed by atoms with Crippen LogP contribution in [0.4, 0.5) is 5.82 Å². The van der Waals surface area contributed by atoms with Gasteiger partial charge < -0.3 is 10.2 Å². The smallest absolute Gasteiger partial charge is 0.243 e. The number of unbranched alkanes of at least 4 members (excludes halogenated alkanes) is 3. The van der Waals surface area contributed by atoms with Gasteiger partial charge in [-0.05, 0) is 30.4 Å². The molecule has 1 amide bonds. The van der Waals surface area contributed by atoms with E-state index in [0.29, 0.717) is 35.4 Å². The van der Waals surface area contributed by atoms with Crippen molar-refractivity contribution in [1.82, 2.24) is 15.3 Å². The number of aromatic nitrogens is 2. The maximum atomic E-state index is 12.9. The fraction of sp³-hybridized carbons (Fsp3) is 0.600. The highest BCUT2D eigenvalue weighted by molar-refractivity contribution is 5.88. The molecule has 1 atom stereocenters. The summed E-state index contributed by atoms with van der Waals surface area (Å²) in [7, 11) is 0. The van der Waals surface area contributed by atoms with Gasteiger partial charge in [-0.1, -0.05) is 66.0 Å². The van der Waals surface area contributed by atoms with Crippen LogP contribution in [0.3, 0.4) is 0 Å². The number of benzene rings is 1. The summed E-state index contributed by atoms with van der Waals surface area (Å²) < 4.78 is 0. The zero-order valence-electron chi connectivity index (χ0n) is 19.7. The number of hydrogen-bond acceptors (Lipinski definition) is 5. The third-order valence-electron chi connectivity index (χ3n) is 5.04. The molecule has 1 aromatic heterocycles. The first-order valence-electron chi connectivity index (χ1n) is 11.6. The Kier molecular flexibility index (Phi) is 9.71. The predicted molar refractivity (Wildman–Crippen MR) is 127 cm³/mol. The molecular weight excluding hydrogens is 386 g/mol. The molecule has 2 rings (SSSR count). The molecule has 0 bridgehead atoms. The Morgan fingerprint density at radius 1 is 1.03 bits per heavy atom. The fourth-order valence-electron chi connectivity index (χ4n) is 3.67. The monoisotopic (exact) mass is 423 g/mol. The predicted octanol–water partition coefficient (Wildman–Crippen LogP) is 5.05. The lowest BCUT2D eigenvalue weighted by Gasteiger charge is -2.29. The number of nitrogens with zero attached hydrogens (tertiary/aromatic N) is 4. The molecule has 0 spiro atoms. The van der Waals surface area contributed by atoms with E-state index in [1.54, 1.807) is 0 Å². The van der Waals surface area contributed by atoms with Crippen molar-refractivity contribution in [2.24, 2.45) is 11.8 Å². The minimum Gasteiger partial charge on any atom is -0.355 e. The van der Waals surface area contributed by atoms with Gasteiger partial charge in [-0.25, -0.2) is 9.97 Å². The summed E-state index contributed by atoms with van der Waals surface area (Å²) in [6.07, 6.45) is 4.29. The number of nitriles is 1. The van der Waals surface area contributed by atoms with Crippen LogP contribution in [0, 0.1) is 23.2 Å². The number of para-hydroxylation sites is 2. The second-order valence-corrected chi connectivity index (χ2v) is 9.03. The van der Waals surface area contributed by atoms with Crippen LogP contribution in [-0.4, -0.2) is 35.5 Å². The molecule has 0 fully saturated rings. The van der Waals surface area contributed by atoms with Crippen molar-refractivity contribution < 1.29 is 4.79 Å². The molecule has 31 heavy (non-hydrogen) atoms. The van der Waals surface area contributed by atoms with E-state index in [0.717, 1.165) is 44.3 Å². The topological polar surface area (TPSA) is 81.9 Å². The van der Waals surface area contributed by atoms with Crippen molar-refractivity contribution in [3.63, 3.8) is 0 Å². The van der Waals surface area contributed by atoms with E-state index >= 15 is 0 Å². The number of carbonyl (C=O) groups excluding carboxylic acids is 1. The summed E-state index contributed by atoms with van der Waals surface area (Å²) in [5.74, 6) is 0.188. The molecule has 1 N–H and O–H groups in total. The SMILES string of the molecule is CCCCCCNC(=O)[C@H](C#N)c1nc2ccccc2nc1N(CC(C)C)CC(C)C. The lowest BCUT2D eigenvalue weighted by Crippen LogP contribution is -2.35. The number of carbonyl (C=O) groups is 1. The van der Waals surface area contributed by atoms with E-state index in [9.17, 15) is 10.1 Å². The Morgan fingerprint density at radius 2 is 1.65 bits per heavy atom. The van der Waals surface area contributed by atoms with E-state index in [2.05, 4.69) is 50.9 Å².